The van der Waals surface area contributed by atoms with Gasteiger partial charge in [0.15, 0.2) is 0 Å². The quantitative estimate of drug-likeness (QED) is 0.547. The van der Waals surface area contributed by atoms with Gasteiger partial charge in [-0.1, -0.05) is 68.7 Å². The van der Waals surface area contributed by atoms with E-state index < -0.39 is 6.10 Å². The first-order chi connectivity index (χ1) is 13.8. The van der Waals surface area contributed by atoms with Gasteiger partial charge in [0, 0.05) is 12.5 Å². The van der Waals surface area contributed by atoms with E-state index in [0.717, 1.165) is 44.0 Å². The Morgan fingerprint density at radius 2 is 1.61 bits per heavy atom. The second-order valence-corrected chi connectivity index (χ2v) is 7.95. The smallest absolute Gasteiger partial charge is 0.119 e. The van der Waals surface area contributed by atoms with Crippen molar-refractivity contribution < 1.29 is 9.84 Å². The van der Waals surface area contributed by atoms with Crippen molar-refractivity contribution in [2.75, 3.05) is 26.2 Å². The van der Waals surface area contributed by atoms with Crippen LogP contribution in [0.4, 0.5) is 0 Å². The second-order valence-electron chi connectivity index (χ2n) is 7.95. The molecule has 28 heavy (non-hydrogen) atoms. The number of hydrogen-bond donors (Lipinski definition) is 1. The number of piperidine rings is 1. The molecule has 1 aliphatic rings. The zero-order valence-electron chi connectivity index (χ0n) is 17.2. The maximum Gasteiger partial charge on any atom is 0.119 e. The molecule has 0 bridgehead atoms. The third kappa shape index (κ3) is 6.08. The van der Waals surface area contributed by atoms with Crippen LogP contribution < -0.4 is 4.74 Å². The highest BCUT2D eigenvalue weighted by molar-refractivity contribution is 5.32. The normalized spacial score (nSPS) is 17.2. The summed E-state index contributed by atoms with van der Waals surface area (Å²) in [6.07, 6.45) is 6.84. The van der Waals surface area contributed by atoms with Gasteiger partial charge in [-0.05, 0) is 55.6 Å². The predicted molar refractivity (Wildman–Crippen MR) is 116 cm³/mol. The summed E-state index contributed by atoms with van der Waals surface area (Å²) >= 11 is 0. The minimum absolute atomic E-state index is 0.0793. The second kappa shape index (κ2) is 11.2. The van der Waals surface area contributed by atoms with Crippen molar-refractivity contribution in [3.8, 4) is 5.75 Å². The molecule has 3 rings (SSSR count). The molecule has 0 aromatic heterocycles. The molecular formula is C25H35NO2. The van der Waals surface area contributed by atoms with Gasteiger partial charge in [-0.2, -0.15) is 0 Å². The molecule has 1 N–H and O–H groups in total. The largest absolute Gasteiger partial charge is 0.494 e. The van der Waals surface area contributed by atoms with Crippen LogP contribution in [0, 0.1) is 0 Å². The van der Waals surface area contributed by atoms with Gasteiger partial charge in [0.1, 0.15) is 5.75 Å². The zero-order valence-corrected chi connectivity index (χ0v) is 17.2. The van der Waals surface area contributed by atoms with Crippen LogP contribution in [0.5, 0.6) is 5.75 Å². The monoisotopic (exact) mass is 381 g/mol. The lowest BCUT2D eigenvalue weighted by Crippen LogP contribution is -2.35. The number of ether oxygens (including phenoxy) is 1. The SMILES string of the molecule is CCCCCOc1ccc([C@H](O)[C@H](CN2CCCCC2)c2ccccc2)cc1. The minimum atomic E-state index is -0.515. The van der Waals surface area contributed by atoms with E-state index in [9.17, 15) is 5.11 Å². The summed E-state index contributed by atoms with van der Waals surface area (Å²) in [5.74, 6) is 0.968. The van der Waals surface area contributed by atoms with Gasteiger partial charge in [-0.25, -0.2) is 0 Å². The Morgan fingerprint density at radius 3 is 2.29 bits per heavy atom. The van der Waals surface area contributed by atoms with Crippen LogP contribution in [0.2, 0.25) is 0 Å². The maximum atomic E-state index is 11.2. The number of likely N-dealkylation sites (tertiary alicyclic amines) is 1. The van der Waals surface area contributed by atoms with E-state index in [-0.39, 0.29) is 5.92 Å². The van der Waals surface area contributed by atoms with Crippen molar-refractivity contribution >= 4 is 0 Å². The molecule has 1 fully saturated rings. The van der Waals surface area contributed by atoms with Crippen molar-refractivity contribution in [3.05, 3.63) is 65.7 Å². The fourth-order valence-electron chi connectivity index (χ4n) is 4.04. The molecular weight excluding hydrogens is 346 g/mol. The van der Waals surface area contributed by atoms with Crippen molar-refractivity contribution in [2.45, 2.75) is 57.5 Å². The first-order valence-electron chi connectivity index (χ1n) is 11.0. The number of aliphatic hydroxyl groups is 1. The lowest BCUT2D eigenvalue weighted by Gasteiger charge is -2.33. The molecule has 0 spiro atoms. The number of benzene rings is 2. The molecule has 1 heterocycles. The Morgan fingerprint density at radius 1 is 0.893 bits per heavy atom. The summed E-state index contributed by atoms with van der Waals surface area (Å²) in [6, 6.07) is 18.5. The zero-order chi connectivity index (χ0) is 19.6. The summed E-state index contributed by atoms with van der Waals surface area (Å²) in [5, 5.41) is 11.2. The molecule has 1 saturated heterocycles. The fourth-order valence-corrected chi connectivity index (χ4v) is 4.04. The van der Waals surface area contributed by atoms with Crippen molar-refractivity contribution in [2.24, 2.45) is 0 Å². The lowest BCUT2D eigenvalue weighted by molar-refractivity contribution is 0.109. The van der Waals surface area contributed by atoms with Crippen LogP contribution in [-0.2, 0) is 0 Å². The van der Waals surface area contributed by atoms with E-state index in [0.29, 0.717) is 0 Å². The molecule has 0 radical (unpaired) electrons. The summed E-state index contributed by atoms with van der Waals surface area (Å²) < 4.78 is 5.82. The predicted octanol–water partition coefficient (Wildman–Crippen LogP) is 5.56. The summed E-state index contributed by atoms with van der Waals surface area (Å²) in [7, 11) is 0. The van der Waals surface area contributed by atoms with E-state index in [1.807, 2.05) is 30.3 Å². The van der Waals surface area contributed by atoms with Crippen LogP contribution in [0.1, 0.15) is 68.6 Å². The Kier molecular flexibility index (Phi) is 8.38. The first-order valence-corrected chi connectivity index (χ1v) is 11.0. The maximum absolute atomic E-state index is 11.2. The van der Waals surface area contributed by atoms with E-state index >= 15 is 0 Å². The topological polar surface area (TPSA) is 32.7 Å². The molecule has 2 aromatic carbocycles. The summed E-state index contributed by atoms with van der Waals surface area (Å²) in [5.41, 5.74) is 2.17. The van der Waals surface area contributed by atoms with Gasteiger partial charge < -0.3 is 14.7 Å². The molecule has 2 aromatic rings. The van der Waals surface area contributed by atoms with Crippen molar-refractivity contribution in [1.82, 2.24) is 4.90 Å². The van der Waals surface area contributed by atoms with Crippen molar-refractivity contribution in [1.29, 1.82) is 0 Å². The third-order valence-electron chi connectivity index (χ3n) is 5.75. The van der Waals surface area contributed by atoms with E-state index in [1.165, 1.54) is 37.7 Å². The number of hydrogen-bond acceptors (Lipinski definition) is 3. The van der Waals surface area contributed by atoms with Crippen LogP contribution in [0.15, 0.2) is 54.6 Å². The van der Waals surface area contributed by atoms with Crippen LogP contribution in [-0.4, -0.2) is 36.2 Å². The Bertz CT molecular complexity index is 665. The number of rotatable bonds is 10. The van der Waals surface area contributed by atoms with Crippen LogP contribution in [0.3, 0.4) is 0 Å². The number of aliphatic hydroxyl groups excluding tert-OH is 1. The lowest BCUT2D eigenvalue weighted by atomic mass is 9.88. The van der Waals surface area contributed by atoms with Gasteiger partial charge in [-0.3, -0.25) is 0 Å². The van der Waals surface area contributed by atoms with E-state index in [1.54, 1.807) is 0 Å². The van der Waals surface area contributed by atoms with Gasteiger partial charge in [0.05, 0.1) is 12.7 Å². The Hall–Kier alpha value is -1.84. The molecule has 152 valence electrons. The average molecular weight is 382 g/mol. The van der Waals surface area contributed by atoms with Gasteiger partial charge in [0.2, 0.25) is 0 Å². The molecule has 0 saturated carbocycles. The molecule has 0 unspecified atom stereocenters. The highest BCUT2D eigenvalue weighted by atomic mass is 16.5. The molecule has 0 amide bonds. The van der Waals surface area contributed by atoms with E-state index in [2.05, 4.69) is 36.1 Å². The molecule has 3 heteroatoms. The molecule has 0 aliphatic carbocycles. The highest BCUT2D eigenvalue weighted by Gasteiger charge is 2.26. The average Bonchev–Trinajstić information content (AvgIpc) is 2.76. The number of nitrogens with zero attached hydrogens (tertiary/aromatic N) is 1. The number of unbranched alkanes of at least 4 members (excludes halogenated alkanes) is 2. The Balaban J connectivity index is 1.68. The molecule has 3 nitrogen and oxygen atoms in total. The summed E-state index contributed by atoms with van der Waals surface area (Å²) in [4.78, 5) is 2.51. The van der Waals surface area contributed by atoms with Crippen molar-refractivity contribution in [3.63, 3.8) is 0 Å². The minimum Gasteiger partial charge on any atom is -0.494 e. The van der Waals surface area contributed by atoms with Crippen LogP contribution >= 0.6 is 0 Å². The third-order valence-corrected chi connectivity index (χ3v) is 5.75. The standard InChI is InChI=1S/C25H35NO2/c1-2-3-10-19-28-23-15-13-22(14-16-23)25(27)24(21-11-6-4-7-12-21)20-26-17-8-5-9-18-26/h4,6-7,11-16,24-25,27H,2-3,5,8-10,17-20H2,1H3/t24-,25+/m1/s1. The van der Waals surface area contributed by atoms with Crippen LogP contribution in [0.25, 0.3) is 0 Å². The highest BCUT2D eigenvalue weighted by Crippen LogP contribution is 2.33. The van der Waals surface area contributed by atoms with E-state index in [4.69, 9.17) is 4.74 Å². The van der Waals surface area contributed by atoms with Gasteiger partial charge >= 0.3 is 0 Å². The van der Waals surface area contributed by atoms with Gasteiger partial charge in [0.25, 0.3) is 0 Å². The fraction of sp³-hybridized carbons (Fsp3) is 0.520. The molecule has 2 atom stereocenters. The Labute approximate surface area is 170 Å². The van der Waals surface area contributed by atoms with Gasteiger partial charge in [-0.15, -0.1) is 0 Å². The first kappa shape index (κ1) is 20.9. The summed E-state index contributed by atoms with van der Waals surface area (Å²) in [6.45, 7) is 6.14. The molecule has 1 aliphatic heterocycles.